The lowest BCUT2D eigenvalue weighted by atomic mass is 10.2. The quantitative estimate of drug-likeness (QED) is 0.224. The van der Waals surface area contributed by atoms with Gasteiger partial charge in [0.15, 0.2) is 29.6 Å². The molecule has 1 heterocycles. The van der Waals surface area contributed by atoms with E-state index in [1.807, 2.05) is 13.0 Å². The topological polar surface area (TPSA) is 109 Å². The third kappa shape index (κ3) is 6.11. The van der Waals surface area contributed by atoms with Gasteiger partial charge in [0.1, 0.15) is 0 Å². The molecule has 0 aliphatic carbocycles. The van der Waals surface area contributed by atoms with E-state index in [4.69, 9.17) is 23.4 Å². The molecule has 1 amide bonds. The van der Waals surface area contributed by atoms with Crippen LogP contribution in [0.1, 0.15) is 23.0 Å². The molecular weight excluding hydrogens is 416 g/mol. The number of hydrazone groups is 1. The zero-order valence-electron chi connectivity index (χ0n) is 17.6. The Hall–Kier alpha value is -4.27. The summed E-state index contributed by atoms with van der Waals surface area (Å²) in [5.74, 6) is 0.555. The lowest BCUT2D eigenvalue weighted by Crippen LogP contribution is -2.24. The van der Waals surface area contributed by atoms with Crippen molar-refractivity contribution in [1.29, 1.82) is 0 Å². The Balaban J connectivity index is 1.54. The van der Waals surface area contributed by atoms with Gasteiger partial charge in [-0.2, -0.15) is 5.10 Å². The largest absolute Gasteiger partial charge is 0.493 e. The molecule has 2 aromatic carbocycles. The molecular formula is C23H22N2O7. The van der Waals surface area contributed by atoms with Crippen LogP contribution in [-0.4, -0.2) is 38.4 Å². The highest BCUT2D eigenvalue weighted by Gasteiger charge is 2.15. The van der Waals surface area contributed by atoms with E-state index in [1.54, 1.807) is 42.5 Å². The van der Waals surface area contributed by atoms with E-state index in [2.05, 4.69) is 10.5 Å². The highest BCUT2D eigenvalue weighted by molar-refractivity contribution is 5.89. The number of carbonyl (C=O) groups excluding carboxylic acids is 2. The van der Waals surface area contributed by atoms with E-state index in [-0.39, 0.29) is 18.1 Å². The van der Waals surface area contributed by atoms with Crippen LogP contribution in [0.5, 0.6) is 23.0 Å². The molecule has 0 bridgehead atoms. The van der Waals surface area contributed by atoms with Crippen LogP contribution in [0.15, 0.2) is 70.4 Å². The van der Waals surface area contributed by atoms with Crippen LogP contribution in [0.3, 0.4) is 0 Å². The molecule has 0 aliphatic heterocycles. The number of esters is 1. The lowest BCUT2D eigenvalue weighted by molar-refractivity contribution is -0.123. The zero-order chi connectivity index (χ0) is 22.8. The third-order valence-electron chi connectivity index (χ3n) is 4.02. The Morgan fingerprint density at radius 3 is 2.47 bits per heavy atom. The fourth-order valence-electron chi connectivity index (χ4n) is 2.59. The third-order valence-corrected chi connectivity index (χ3v) is 4.02. The first-order chi connectivity index (χ1) is 15.6. The molecule has 3 rings (SSSR count). The predicted octanol–water partition coefficient (Wildman–Crippen LogP) is 3.44. The van der Waals surface area contributed by atoms with Crippen molar-refractivity contribution in [3.05, 3.63) is 72.2 Å². The number of carbonyl (C=O) groups is 2. The van der Waals surface area contributed by atoms with Crippen LogP contribution in [-0.2, 0) is 4.79 Å². The van der Waals surface area contributed by atoms with Gasteiger partial charge in [0, 0.05) is 0 Å². The van der Waals surface area contributed by atoms with E-state index in [0.717, 1.165) is 0 Å². The van der Waals surface area contributed by atoms with E-state index in [1.165, 1.54) is 25.7 Å². The van der Waals surface area contributed by atoms with Crippen molar-refractivity contribution in [3.63, 3.8) is 0 Å². The SMILES string of the molecule is CCOc1ccccc1OCC(=O)N/N=C/c1ccc(OC(=O)c2ccco2)c(OC)c1. The summed E-state index contributed by atoms with van der Waals surface area (Å²) >= 11 is 0. The molecule has 0 radical (unpaired) electrons. The van der Waals surface area contributed by atoms with Crippen molar-refractivity contribution < 1.29 is 33.0 Å². The molecule has 32 heavy (non-hydrogen) atoms. The van der Waals surface area contributed by atoms with Gasteiger partial charge in [0.25, 0.3) is 5.91 Å². The van der Waals surface area contributed by atoms with Gasteiger partial charge in [-0.05, 0) is 55.0 Å². The summed E-state index contributed by atoms with van der Waals surface area (Å²) in [6, 6.07) is 15.0. The number of methoxy groups -OCH3 is 1. The second kappa shape index (κ2) is 11.2. The highest BCUT2D eigenvalue weighted by Crippen LogP contribution is 2.28. The maximum atomic E-state index is 12.0. The van der Waals surface area contributed by atoms with Gasteiger partial charge in [-0.1, -0.05) is 12.1 Å². The van der Waals surface area contributed by atoms with Crippen molar-refractivity contribution >= 4 is 18.1 Å². The first-order valence-corrected chi connectivity index (χ1v) is 9.71. The van der Waals surface area contributed by atoms with Crippen molar-refractivity contribution in [2.45, 2.75) is 6.92 Å². The molecule has 1 aromatic heterocycles. The Labute approximate surface area is 184 Å². The highest BCUT2D eigenvalue weighted by atomic mass is 16.6. The molecule has 0 fully saturated rings. The van der Waals surface area contributed by atoms with Crippen molar-refractivity contribution in [3.8, 4) is 23.0 Å². The molecule has 166 valence electrons. The molecule has 0 unspecified atom stereocenters. The molecule has 0 saturated carbocycles. The minimum atomic E-state index is -0.645. The number of ether oxygens (including phenoxy) is 4. The first-order valence-electron chi connectivity index (χ1n) is 9.71. The van der Waals surface area contributed by atoms with E-state index < -0.39 is 11.9 Å². The molecule has 9 nitrogen and oxygen atoms in total. The Morgan fingerprint density at radius 1 is 1.00 bits per heavy atom. The summed E-state index contributed by atoms with van der Waals surface area (Å²) in [6.45, 7) is 2.12. The van der Waals surface area contributed by atoms with E-state index in [0.29, 0.717) is 29.4 Å². The fraction of sp³-hybridized carbons (Fsp3) is 0.174. The number of benzene rings is 2. The van der Waals surface area contributed by atoms with Gasteiger partial charge in [0.05, 0.1) is 26.2 Å². The number of amides is 1. The second-order valence-corrected chi connectivity index (χ2v) is 6.24. The summed E-state index contributed by atoms with van der Waals surface area (Å²) in [5.41, 5.74) is 3.00. The fourth-order valence-corrected chi connectivity index (χ4v) is 2.59. The predicted molar refractivity (Wildman–Crippen MR) is 116 cm³/mol. The van der Waals surface area contributed by atoms with Crippen LogP contribution in [0.25, 0.3) is 0 Å². The maximum Gasteiger partial charge on any atom is 0.379 e. The van der Waals surface area contributed by atoms with Crippen LogP contribution in [0.2, 0.25) is 0 Å². The maximum absolute atomic E-state index is 12.0. The minimum absolute atomic E-state index is 0.0755. The van der Waals surface area contributed by atoms with E-state index in [9.17, 15) is 9.59 Å². The first kappa shape index (κ1) is 22.4. The van der Waals surface area contributed by atoms with Crippen LogP contribution in [0.4, 0.5) is 0 Å². The average molecular weight is 438 g/mol. The summed E-state index contributed by atoms with van der Waals surface area (Å²) in [6.07, 6.45) is 2.80. The van der Waals surface area contributed by atoms with Crippen molar-refractivity contribution in [2.24, 2.45) is 5.10 Å². The van der Waals surface area contributed by atoms with Crippen molar-refractivity contribution in [1.82, 2.24) is 5.43 Å². The van der Waals surface area contributed by atoms with Crippen LogP contribution >= 0.6 is 0 Å². The summed E-state index contributed by atoms with van der Waals surface area (Å²) in [5, 5.41) is 3.91. The van der Waals surface area contributed by atoms with Gasteiger partial charge in [-0.3, -0.25) is 4.79 Å². The monoisotopic (exact) mass is 438 g/mol. The van der Waals surface area contributed by atoms with Gasteiger partial charge in [0.2, 0.25) is 5.76 Å². The number of rotatable bonds is 10. The number of para-hydroxylation sites is 2. The second-order valence-electron chi connectivity index (χ2n) is 6.24. The molecule has 0 aliphatic rings. The van der Waals surface area contributed by atoms with E-state index >= 15 is 0 Å². The smallest absolute Gasteiger partial charge is 0.379 e. The number of hydrogen-bond acceptors (Lipinski definition) is 8. The molecule has 9 heteroatoms. The Morgan fingerprint density at radius 2 is 1.78 bits per heavy atom. The van der Waals surface area contributed by atoms with Crippen LogP contribution < -0.4 is 24.4 Å². The lowest BCUT2D eigenvalue weighted by Gasteiger charge is -2.10. The van der Waals surface area contributed by atoms with Crippen molar-refractivity contribution in [2.75, 3.05) is 20.3 Å². The number of nitrogens with zero attached hydrogens (tertiary/aromatic N) is 1. The normalized spacial score (nSPS) is 10.6. The summed E-state index contributed by atoms with van der Waals surface area (Å²) < 4.78 is 26.5. The van der Waals surface area contributed by atoms with Crippen LogP contribution in [0, 0.1) is 0 Å². The average Bonchev–Trinajstić information content (AvgIpc) is 3.35. The van der Waals surface area contributed by atoms with Gasteiger partial charge in [-0.15, -0.1) is 0 Å². The van der Waals surface area contributed by atoms with Gasteiger partial charge >= 0.3 is 5.97 Å². The number of nitrogens with one attached hydrogen (secondary N) is 1. The number of hydrogen-bond donors (Lipinski definition) is 1. The summed E-state index contributed by atoms with van der Waals surface area (Å²) in [4.78, 5) is 24.0. The molecule has 0 spiro atoms. The molecule has 1 N–H and O–H groups in total. The Kier molecular flexibility index (Phi) is 7.85. The molecule has 3 aromatic rings. The standard InChI is InChI=1S/C23H22N2O7/c1-3-29-17-7-4-5-8-18(17)31-15-22(26)25-24-14-16-10-11-19(21(13-16)28-2)32-23(27)20-9-6-12-30-20/h4-14H,3,15H2,1-2H3,(H,25,26)/b24-14+. The number of furan rings is 1. The Bertz CT molecular complexity index is 1080. The minimum Gasteiger partial charge on any atom is -0.493 e. The van der Waals surface area contributed by atoms with Gasteiger partial charge in [-0.25, -0.2) is 10.2 Å². The zero-order valence-corrected chi connectivity index (χ0v) is 17.6. The molecule has 0 saturated heterocycles. The molecule has 0 atom stereocenters. The summed E-state index contributed by atoms with van der Waals surface area (Å²) in [7, 11) is 1.44. The van der Waals surface area contributed by atoms with Gasteiger partial charge < -0.3 is 23.4 Å².